The van der Waals surface area contributed by atoms with Gasteiger partial charge in [-0.1, -0.05) is 49.4 Å². The van der Waals surface area contributed by atoms with E-state index in [4.69, 9.17) is 9.47 Å². The van der Waals surface area contributed by atoms with Crippen molar-refractivity contribution in [3.05, 3.63) is 65.7 Å². The molecule has 31 heavy (non-hydrogen) atoms. The minimum absolute atomic E-state index is 0.172. The molecule has 1 saturated heterocycles. The van der Waals surface area contributed by atoms with Crippen molar-refractivity contribution >= 4 is 17.8 Å². The largest absolute Gasteiger partial charge is 0.492 e. The number of nitrogens with zero attached hydrogens (tertiary/aromatic N) is 1. The summed E-state index contributed by atoms with van der Waals surface area (Å²) in [5, 5.41) is 2.73. The van der Waals surface area contributed by atoms with Crippen molar-refractivity contribution in [3.63, 3.8) is 0 Å². The molecule has 1 heterocycles. The van der Waals surface area contributed by atoms with Crippen LogP contribution in [0.1, 0.15) is 35.7 Å². The molecule has 1 N–H and O–H groups in total. The summed E-state index contributed by atoms with van der Waals surface area (Å²) >= 11 is 0. The van der Waals surface area contributed by atoms with Gasteiger partial charge in [-0.05, 0) is 24.1 Å². The first kappa shape index (κ1) is 22.3. The van der Waals surface area contributed by atoms with Gasteiger partial charge in [-0.15, -0.1) is 0 Å². The summed E-state index contributed by atoms with van der Waals surface area (Å²) in [4.78, 5) is 39.3. The molecular formula is C24H28N2O5. The van der Waals surface area contributed by atoms with E-state index in [1.54, 1.807) is 24.3 Å². The second-order valence-corrected chi connectivity index (χ2v) is 7.31. The standard InChI is InChI=1S/C24H28N2O5/c1-2-15-31-22(27)17-20-23(28)25-13-14-26(20)24(29)19-10-6-7-11-21(19)30-16-12-18-8-4-3-5-9-18/h3-11,20H,2,12-17H2,1H3,(H,25,28). The Labute approximate surface area is 182 Å². The van der Waals surface area contributed by atoms with Crippen LogP contribution in [0.25, 0.3) is 0 Å². The molecule has 2 amide bonds. The van der Waals surface area contributed by atoms with Crippen molar-refractivity contribution in [1.82, 2.24) is 10.2 Å². The van der Waals surface area contributed by atoms with Gasteiger partial charge in [0.25, 0.3) is 5.91 Å². The Hall–Kier alpha value is -3.35. The van der Waals surface area contributed by atoms with Crippen LogP contribution in [0.5, 0.6) is 5.75 Å². The molecule has 0 saturated carbocycles. The minimum atomic E-state index is -0.900. The molecule has 7 heteroatoms. The van der Waals surface area contributed by atoms with Gasteiger partial charge < -0.3 is 19.7 Å². The predicted octanol–water partition coefficient (Wildman–Crippen LogP) is 2.59. The molecule has 1 atom stereocenters. The lowest BCUT2D eigenvalue weighted by molar-refractivity contribution is -0.147. The van der Waals surface area contributed by atoms with E-state index >= 15 is 0 Å². The molecule has 1 fully saturated rings. The Kier molecular flexibility index (Phi) is 8.04. The molecule has 0 aliphatic carbocycles. The molecule has 1 unspecified atom stereocenters. The first-order chi connectivity index (χ1) is 15.1. The van der Waals surface area contributed by atoms with E-state index in [1.165, 1.54) is 4.90 Å². The third-order valence-corrected chi connectivity index (χ3v) is 5.03. The van der Waals surface area contributed by atoms with Crippen LogP contribution in [0.4, 0.5) is 0 Å². The maximum absolute atomic E-state index is 13.3. The second kappa shape index (κ2) is 11.2. The van der Waals surface area contributed by atoms with Crippen molar-refractivity contribution in [1.29, 1.82) is 0 Å². The van der Waals surface area contributed by atoms with Gasteiger partial charge in [-0.25, -0.2) is 0 Å². The third kappa shape index (κ3) is 6.07. The summed E-state index contributed by atoms with van der Waals surface area (Å²) < 4.78 is 11.0. The van der Waals surface area contributed by atoms with E-state index in [2.05, 4.69) is 5.32 Å². The van der Waals surface area contributed by atoms with Crippen LogP contribution in [-0.2, 0) is 20.7 Å². The van der Waals surface area contributed by atoms with Gasteiger partial charge in [0, 0.05) is 19.5 Å². The Balaban J connectivity index is 1.71. The molecule has 2 aromatic carbocycles. The predicted molar refractivity (Wildman–Crippen MR) is 116 cm³/mol. The minimum Gasteiger partial charge on any atom is -0.492 e. The van der Waals surface area contributed by atoms with E-state index in [1.807, 2.05) is 37.3 Å². The number of ether oxygens (including phenoxy) is 2. The Morgan fingerprint density at radius 1 is 1.06 bits per heavy atom. The van der Waals surface area contributed by atoms with Crippen LogP contribution in [0.3, 0.4) is 0 Å². The van der Waals surface area contributed by atoms with E-state index in [0.717, 1.165) is 5.56 Å². The van der Waals surface area contributed by atoms with Crippen LogP contribution in [0.2, 0.25) is 0 Å². The lowest BCUT2D eigenvalue weighted by Crippen LogP contribution is -2.57. The molecule has 0 aromatic heterocycles. The van der Waals surface area contributed by atoms with Crippen LogP contribution >= 0.6 is 0 Å². The molecule has 0 bridgehead atoms. The first-order valence-electron chi connectivity index (χ1n) is 10.6. The number of carbonyl (C=O) groups excluding carboxylic acids is 3. The van der Waals surface area contributed by atoms with Crippen molar-refractivity contribution in [2.45, 2.75) is 32.2 Å². The van der Waals surface area contributed by atoms with Gasteiger partial charge >= 0.3 is 5.97 Å². The summed E-state index contributed by atoms with van der Waals surface area (Å²) in [6.07, 6.45) is 1.23. The highest BCUT2D eigenvalue weighted by Gasteiger charge is 2.36. The van der Waals surface area contributed by atoms with E-state index in [9.17, 15) is 14.4 Å². The van der Waals surface area contributed by atoms with Gasteiger partial charge in [0.15, 0.2) is 0 Å². The van der Waals surface area contributed by atoms with Crippen LogP contribution in [0.15, 0.2) is 54.6 Å². The van der Waals surface area contributed by atoms with Crippen molar-refractivity contribution < 1.29 is 23.9 Å². The lowest BCUT2D eigenvalue weighted by atomic mass is 10.1. The summed E-state index contributed by atoms with van der Waals surface area (Å²) in [6, 6.07) is 16.0. The average Bonchev–Trinajstić information content (AvgIpc) is 2.79. The van der Waals surface area contributed by atoms with E-state index in [0.29, 0.717) is 50.5 Å². The highest BCUT2D eigenvalue weighted by molar-refractivity contribution is 6.01. The number of esters is 1. The number of amides is 2. The summed E-state index contributed by atoms with van der Waals surface area (Å²) in [5.41, 5.74) is 1.52. The highest BCUT2D eigenvalue weighted by atomic mass is 16.5. The first-order valence-corrected chi connectivity index (χ1v) is 10.6. The molecule has 1 aliphatic rings. The Morgan fingerprint density at radius 3 is 2.58 bits per heavy atom. The zero-order chi connectivity index (χ0) is 22.1. The number of carbonyl (C=O) groups is 3. The van der Waals surface area contributed by atoms with Gasteiger partial charge in [-0.3, -0.25) is 14.4 Å². The molecule has 1 aliphatic heterocycles. The van der Waals surface area contributed by atoms with Crippen LogP contribution < -0.4 is 10.1 Å². The van der Waals surface area contributed by atoms with Gasteiger partial charge in [0.1, 0.15) is 11.8 Å². The van der Waals surface area contributed by atoms with Crippen molar-refractivity contribution in [2.24, 2.45) is 0 Å². The Morgan fingerprint density at radius 2 is 1.81 bits per heavy atom. The normalized spacial score (nSPS) is 15.8. The molecule has 7 nitrogen and oxygen atoms in total. The van der Waals surface area contributed by atoms with E-state index in [-0.39, 0.29) is 18.2 Å². The number of para-hydroxylation sites is 1. The lowest BCUT2D eigenvalue weighted by Gasteiger charge is -2.34. The number of hydrogen-bond donors (Lipinski definition) is 1. The van der Waals surface area contributed by atoms with E-state index < -0.39 is 12.0 Å². The SMILES string of the molecule is CCCOC(=O)CC1C(=O)NCCN1C(=O)c1ccccc1OCCc1ccccc1. The quantitative estimate of drug-likeness (QED) is 0.626. The number of benzene rings is 2. The molecular weight excluding hydrogens is 396 g/mol. The van der Waals surface area contributed by atoms with Gasteiger partial charge in [0.05, 0.1) is 25.2 Å². The third-order valence-electron chi connectivity index (χ3n) is 5.03. The van der Waals surface area contributed by atoms with Crippen molar-refractivity contribution in [3.8, 4) is 5.75 Å². The number of rotatable bonds is 9. The van der Waals surface area contributed by atoms with Gasteiger partial charge in [-0.2, -0.15) is 0 Å². The molecule has 0 radical (unpaired) electrons. The fourth-order valence-electron chi connectivity index (χ4n) is 3.44. The van der Waals surface area contributed by atoms with Crippen LogP contribution in [0, 0.1) is 0 Å². The smallest absolute Gasteiger partial charge is 0.308 e. The number of piperazine rings is 1. The molecule has 0 spiro atoms. The van der Waals surface area contributed by atoms with Crippen molar-refractivity contribution in [2.75, 3.05) is 26.3 Å². The van der Waals surface area contributed by atoms with Crippen LogP contribution in [-0.4, -0.2) is 55.0 Å². The molecule has 3 rings (SSSR count). The zero-order valence-corrected chi connectivity index (χ0v) is 17.7. The topological polar surface area (TPSA) is 84.9 Å². The molecule has 2 aromatic rings. The summed E-state index contributed by atoms with van der Waals surface area (Å²) in [5.74, 6) is -0.718. The Bertz CT molecular complexity index is 900. The molecule has 164 valence electrons. The maximum atomic E-state index is 13.3. The highest BCUT2D eigenvalue weighted by Crippen LogP contribution is 2.23. The number of nitrogens with one attached hydrogen (secondary N) is 1. The average molecular weight is 424 g/mol. The summed E-state index contributed by atoms with van der Waals surface area (Å²) in [7, 11) is 0. The second-order valence-electron chi connectivity index (χ2n) is 7.31. The van der Waals surface area contributed by atoms with Gasteiger partial charge in [0.2, 0.25) is 5.91 Å². The fraction of sp³-hybridized carbons (Fsp3) is 0.375. The fourth-order valence-corrected chi connectivity index (χ4v) is 3.44. The zero-order valence-electron chi connectivity index (χ0n) is 17.7. The monoisotopic (exact) mass is 424 g/mol. The number of hydrogen-bond acceptors (Lipinski definition) is 5. The summed E-state index contributed by atoms with van der Waals surface area (Å²) in [6.45, 7) is 3.25. The maximum Gasteiger partial charge on any atom is 0.308 e.